The van der Waals surface area contributed by atoms with Gasteiger partial charge in [0.15, 0.2) is 12.2 Å². The molecule has 3 aromatic rings. The zero-order chi connectivity index (χ0) is 18.5. The van der Waals surface area contributed by atoms with Crippen LogP contribution >= 0.6 is 0 Å². The number of hydrogen-bond acceptors (Lipinski definition) is 6. The van der Waals surface area contributed by atoms with Crippen molar-refractivity contribution in [3.8, 4) is 22.8 Å². The molecular formula is C18H15N3O5. The van der Waals surface area contributed by atoms with Crippen LogP contribution in [0, 0.1) is 0 Å². The van der Waals surface area contributed by atoms with Gasteiger partial charge in [0.05, 0.1) is 18.9 Å². The van der Waals surface area contributed by atoms with Gasteiger partial charge in [0.1, 0.15) is 11.5 Å². The molecule has 8 heteroatoms. The lowest BCUT2D eigenvalue weighted by atomic mass is 10.1. The minimum Gasteiger partial charge on any atom is -0.508 e. The van der Waals surface area contributed by atoms with E-state index in [0.29, 0.717) is 28.4 Å². The van der Waals surface area contributed by atoms with Gasteiger partial charge in [-0.1, -0.05) is 0 Å². The first-order valence-electron chi connectivity index (χ1n) is 7.55. The summed E-state index contributed by atoms with van der Waals surface area (Å²) >= 11 is 0. The lowest BCUT2D eigenvalue weighted by Crippen LogP contribution is -2.29. The van der Waals surface area contributed by atoms with Crippen LogP contribution in [-0.2, 0) is 9.59 Å². The van der Waals surface area contributed by atoms with Crippen LogP contribution in [0.25, 0.3) is 11.3 Å². The van der Waals surface area contributed by atoms with Gasteiger partial charge in [-0.2, -0.15) is 0 Å². The quantitative estimate of drug-likeness (QED) is 0.491. The average Bonchev–Trinajstić information content (AvgIpc) is 3.18. The second-order valence-corrected chi connectivity index (χ2v) is 5.24. The van der Waals surface area contributed by atoms with Crippen molar-refractivity contribution in [3.63, 3.8) is 0 Å². The molecule has 0 unspecified atom stereocenters. The summed E-state index contributed by atoms with van der Waals surface area (Å²) in [5, 5.41) is 14.1. The molecule has 0 spiro atoms. The summed E-state index contributed by atoms with van der Waals surface area (Å²) in [5.41, 5.74) is 1.44. The predicted molar refractivity (Wildman–Crippen MR) is 93.9 cm³/mol. The van der Waals surface area contributed by atoms with Crippen molar-refractivity contribution >= 4 is 23.2 Å². The molecule has 3 N–H and O–H groups in total. The number of hydrogen-bond donors (Lipinski definition) is 3. The third kappa shape index (κ3) is 3.81. The van der Waals surface area contributed by atoms with Crippen LogP contribution < -0.4 is 15.4 Å². The van der Waals surface area contributed by atoms with Crippen LogP contribution in [0.15, 0.2) is 59.5 Å². The lowest BCUT2D eigenvalue weighted by molar-refractivity contribution is -0.132. The highest BCUT2D eigenvalue weighted by Crippen LogP contribution is 2.32. The molecule has 132 valence electrons. The van der Waals surface area contributed by atoms with Crippen molar-refractivity contribution in [2.24, 2.45) is 0 Å². The van der Waals surface area contributed by atoms with E-state index in [0.717, 1.165) is 0 Å². The summed E-state index contributed by atoms with van der Waals surface area (Å²) in [7, 11) is 1.48. The summed E-state index contributed by atoms with van der Waals surface area (Å²) in [6.07, 6.45) is 2.85. The number of phenols is 1. The minimum atomic E-state index is -0.840. The van der Waals surface area contributed by atoms with Gasteiger partial charge >= 0.3 is 11.8 Å². The largest absolute Gasteiger partial charge is 0.508 e. The first-order valence-corrected chi connectivity index (χ1v) is 7.55. The second-order valence-electron chi connectivity index (χ2n) is 5.24. The Balaban J connectivity index is 1.70. The third-order valence-electron chi connectivity index (χ3n) is 3.49. The first-order chi connectivity index (χ1) is 12.6. The van der Waals surface area contributed by atoms with Crippen molar-refractivity contribution in [1.82, 2.24) is 4.98 Å². The number of carbonyl (C=O) groups is 2. The molecule has 8 nitrogen and oxygen atoms in total. The smallest absolute Gasteiger partial charge is 0.314 e. The van der Waals surface area contributed by atoms with E-state index in [-0.39, 0.29) is 5.75 Å². The fourth-order valence-corrected chi connectivity index (χ4v) is 2.24. The Bertz CT molecular complexity index is 921. The van der Waals surface area contributed by atoms with E-state index in [1.807, 2.05) is 0 Å². The number of rotatable bonds is 4. The van der Waals surface area contributed by atoms with Gasteiger partial charge in [-0.25, -0.2) is 4.98 Å². The van der Waals surface area contributed by atoms with Gasteiger partial charge in [0.25, 0.3) is 0 Å². The van der Waals surface area contributed by atoms with Gasteiger partial charge in [-0.15, -0.1) is 0 Å². The van der Waals surface area contributed by atoms with Crippen molar-refractivity contribution in [2.45, 2.75) is 0 Å². The average molecular weight is 353 g/mol. The zero-order valence-corrected chi connectivity index (χ0v) is 13.7. The van der Waals surface area contributed by atoms with E-state index in [4.69, 9.17) is 9.15 Å². The van der Waals surface area contributed by atoms with E-state index >= 15 is 0 Å². The predicted octanol–water partition coefficient (Wildman–Crippen LogP) is 2.63. The first kappa shape index (κ1) is 17.0. The van der Waals surface area contributed by atoms with Crippen LogP contribution in [0.5, 0.6) is 11.5 Å². The van der Waals surface area contributed by atoms with Crippen LogP contribution in [0.1, 0.15) is 0 Å². The van der Waals surface area contributed by atoms with Crippen molar-refractivity contribution in [3.05, 3.63) is 55.1 Å². The maximum Gasteiger partial charge on any atom is 0.314 e. The number of nitrogens with zero attached hydrogens (tertiary/aromatic N) is 1. The van der Waals surface area contributed by atoms with Gasteiger partial charge < -0.3 is 24.9 Å². The summed E-state index contributed by atoms with van der Waals surface area (Å²) in [4.78, 5) is 27.9. The topological polar surface area (TPSA) is 114 Å². The molecule has 2 amide bonds. The van der Waals surface area contributed by atoms with E-state index in [9.17, 15) is 14.7 Å². The van der Waals surface area contributed by atoms with Gasteiger partial charge in [-0.05, 0) is 36.4 Å². The molecule has 0 aliphatic carbocycles. The Morgan fingerprint density at radius 1 is 1.04 bits per heavy atom. The Hall–Kier alpha value is -3.81. The number of carbonyl (C=O) groups excluding carboxylic acids is 2. The molecule has 0 aliphatic rings. The molecule has 1 aromatic heterocycles. The molecule has 0 radical (unpaired) electrons. The lowest BCUT2D eigenvalue weighted by Gasteiger charge is -2.10. The number of phenolic OH excluding ortho intramolecular Hbond substituents is 1. The second kappa shape index (κ2) is 7.39. The standard InChI is InChI=1S/C18H15N3O5/c1-25-15-8-12(4-7-14(15)16-9-19-10-26-16)21-18(24)17(23)20-11-2-5-13(22)6-3-11/h2-10,22H,1H3,(H,20,23)(H,21,24). The maximum atomic E-state index is 12.1. The normalized spacial score (nSPS) is 10.2. The third-order valence-corrected chi connectivity index (χ3v) is 3.49. The van der Waals surface area contributed by atoms with E-state index in [1.165, 1.54) is 37.8 Å². The number of aromatic hydroxyl groups is 1. The number of methoxy groups -OCH3 is 1. The molecule has 0 aliphatic heterocycles. The molecule has 2 aromatic carbocycles. The van der Waals surface area contributed by atoms with Crippen molar-refractivity contribution < 1.29 is 23.8 Å². The Morgan fingerprint density at radius 3 is 2.31 bits per heavy atom. The minimum absolute atomic E-state index is 0.0615. The molecule has 0 saturated carbocycles. The molecule has 0 bridgehead atoms. The zero-order valence-electron chi connectivity index (χ0n) is 13.7. The molecule has 0 atom stereocenters. The summed E-state index contributed by atoms with van der Waals surface area (Å²) in [6.45, 7) is 0. The number of oxazole rings is 1. The molecule has 3 rings (SSSR count). The Kier molecular flexibility index (Phi) is 4.84. The Labute approximate surface area is 148 Å². The van der Waals surface area contributed by atoms with E-state index in [1.54, 1.807) is 24.4 Å². The molecule has 26 heavy (non-hydrogen) atoms. The van der Waals surface area contributed by atoms with Crippen molar-refractivity contribution in [1.29, 1.82) is 0 Å². The highest BCUT2D eigenvalue weighted by molar-refractivity contribution is 6.43. The summed E-state index contributed by atoms with van der Waals surface area (Å²) in [5.74, 6) is -0.642. The number of amides is 2. The van der Waals surface area contributed by atoms with Gasteiger partial charge in [0, 0.05) is 17.4 Å². The monoisotopic (exact) mass is 353 g/mol. The molecule has 0 saturated heterocycles. The summed E-state index contributed by atoms with van der Waals surface area (Å²) < 4.78 is 10.5. The SMILES string of the molecule is COc1cc(NC(=O)C(=O)Nc2ccc(O)cc2)ccc1-c1cnco1. The van der Waals surface area contributed by atoms with Gasteiger partial charge in [0.2, 0.25) is 0 Å². The maximum absolute atomic E-state index is 12.1. The van der Waals surface area contributed by atoms with Crippen LogP contribution in [-0.4, -0.2) is 29.0 Å². The number of nitrogens with one attached hydrogen (secondary N) is 2. The fraction of sp³-hybridized carbons (Fsp3) is 0.0556. The molecular weight excluding hydrogens is 338 g/mol. The highest BCUT2D eigenvalue weighted by Gasteiger charge is 2.16. The van der Waals surface area contributed by atoms with Crippen molar-refractivity contribution in [2.75, 3.05) is 17.7 Å². The summed E-state index contributed by atoms with van der Waals surface area (Å²) in [6, 6.07) is 10.6. The highest BCUT2D eigenvalue weighted by atomic mass is 16.5. The number of aromatic nitrogens is 1. The molecule has 1 heterocycles. The van der Waals surface area contributed by atoms with E-state index < -0.39 is 11.8 Å². The number of anilines is 2. The van der Waals surface area contributed by atoms with Crippen LogP contribution in [0.3, 0.4) is 0 Å². The van der Waals surface area contributed by atoms with E-state index in [2.05, 4.69) is 15.6 Å². The Morgan fingerprint density at radius 2 is 1.69 bits per heavy atom. The van der Waals surface area contributed by atoms with Crippen LogP contribution in [0.4, 0.5) is 11.4 Å². The molecule has 0 fully saturated rings. The number of benzene rings is 2. The number of ether oxygens (including phenoxy) is 1. The fourth-order valence-electron chi connectivity index (χ4n) is 2.24. The van der Waals surface area contributed by atoms with Gasteiger partial charge in [-0.3, -0.25) is 9.59 Å². The van der Waals surface area contributed by atoms with Crippen LogP contribution in [0.2, 0.25) is 0 Å².